The average molecular weight is 302 g/mol. The van der Waals surface area contributed by atoms with Crippen molar-refractivity contribution in [1.29, 1.82) is 0 Å². The number of nitrogens with zero attached hydrogens (tertiary/aromatic N) is 3. The molecule has 2 aromatic rings. The summed E-state index contributed by atoms with van der Waals surface area (Å²) < 4.78 is 0. The van der Waals surface area contributed by atoms with Gasteiger partial charge in [-0.25, -0.2) is 4.98 Å². The molecule has 0 spiro atoms. The number of piperidine rings is 1. The Labute approximate surface area is 127 Å². The van der Waals surface area contributed by atoms with Crippen LogP contribution in [0.2, 0.25) is 0 Å². The number of aromatic nitrogens is 3. The van der Waals surface area contributed by atoms with Crippen LogP contribution < -0.4 is 0 Å². The van der Waals surface area contributed by atoms with Crippen molar-refractivity contribution in [2.75, 3.05) is 19.7 Å². The SMILES string of the molecule is O=C(c1ccc(-c2ncn[nH]2)cc1)N1CCC[C@](O)(CO)C1. The highest BCUT2D eigenvalue weighted by Gasteiger charge is 2.34. The van der Waals surface area contributed by atoms with Gasteiger partial charge in [0.2, 0.25) is 0 Å². The third-order valence-electron chi connectivity index (χ3n) is 3.96. The molecule has 7 nitrogen and oxygen atoms in total. The second-order valence-corrected chi connectivity index (χ2v) is 5.62. The molecule has 0 unspecified atom stereocenters. The first-order valence-electron chi connectivity index (χ1n) is 7.20. The molecule has 116 valence electrons. The maximum atomic E-state index is 12.5. The van der Waals surface area contributed by atoms with E-state index in [0.717, 1.165) is 5.56 Å². The van der Waals surface area contributed by atoms with Crippen LogP contribution in [0.15, 0.2) is 30.6 Å². The van der Waals surface area contributed by atoms with Crippen molar-refractivity contribution in [3.63, 3.8) is 0 Å². The fourth-order valence-corrected chi connectivity index (χ4v) is 2.71. The van der Waals surface area contributed by atoms with Crippen LogP contribution in [0, 0.1) is 0 Å². The zero-order chi connectivity index (χ0) is 15.6. The van der Waals surface area contributed by atoms with Gasteiger partial charge in [-0.05, 0) is 25.0 Å². The summed E-state index contributed by atoms with van der Waals surface area (Å²) in [7, 11) is 0. The largest absolute Gasteiger partial charge is 0.393 e. The second kappa shape index (κ2) is 5.86. The standard InChI is InChI=1S/C15H18N4O3/c20-9-15(22)6-1-7-19(8-15)14(21)12-4-2-11(3-5-12)13-16-10-17-18-13/h2-5,10,20,22H,1,6-9H2,(H,16,17,18)/t15-/m1/s1. The van der Waals surface area contributed by atoms with Crippen LogP contribution in [-0.4, -0.2) is 61.5 Å². The molecule has 0 radical (unpaired) electrons. The van der Waals surface area contributed by atoms with Gasteiger partial charge < -0.3 is 15.1 Å². The Morgan fingerprint density at radius 1 is 1.36 bits per heavy atom. The van der Waals surface area contributed by atoms with E-state index in [-0.39, 0.29) is 19.1 Å². The zero-order valence-electron chi connectivity index (χ0n) is 12.1. The van der Waals surface area contributed by atoms with E-state index in [1.807, 2.05) is 0 Å². The average Bonchev–Trinajstić information content (AvgIpc) is 3.09. The van der Waals surface area contributed by atoms with E-state index in [9.17, 15) is 15.0 Å². The number of H-pyrrole nitrogens is 1. The first-order valence-corrected chi connectivity index (χ1v) is 7.20. The number of aromatic amines is 1. The summed E-state index contributed by atoms with van der Waals surface area (Å²) in [6.07, 6.45) is 2.62. The molecule has 7 heteroatoms. The van der Waals surface area contributed by atoms with Gasteiger partial charge in [0.1, 0.15) is 11.9 Å². The van der Waals surface area contributed by atoms with Gasteiger partial charge in [0.25, 0.3) is 5.91 Å². The van der Waals surface area contributed by atoms with Gasteiger partial charge in [-0.3, -0.25) is 9.89 Å². The number of hydrogen-bond acceptors (Lipinski definition) is 5. The molecule has 0 aliphatic carbocycles. The van der Waals surface area contributed by atoms with Crippen molar-refractivity contribution >= 4 is 5.91 Å². The normalized spacial score (nSPS) is 21.8. The van der Waals surface area contributed by atoms with E-state index in [1.165, 1.54) is 6.33 Å². The van der Waals surface area contributed by atoms with Crippen LogP contribution in [0.5, 0.6) is 0 Å². The highest BCUT2D eigenvalue weighted by molar-refractivity contribution is 5.94. The highest BCUT2D eigenvalue weighted by Crippen LogP contribution is 2.23. The monoisotopic (exact) mass is 302 g/mol. The first-order chi connectivity index (χ1) is 10.6. The van der Waals surface area contributed by atoms with Gasteiger partial charge >= 0.3 is 0 Å². The molecule has 0 bridgehead atoms. The Hall–Kier alpha value is -2.25. The van der Waals surface area contributed by atoms with Crippen LogP contribution in [0.1, 0.15) is 23.2 Å². The van der Waals surface area contributed by atoms with E-state index in [4.69, 9.17) is 0 Å². The molecular weight excluding hydrogens is 284 g/mol. The molecule has 1 aromatic carbocycles. The Morgan fingerprint density at radius 3 is 2.77 bits per heavy atom. The fourth-order valence-electron chi connectivity index (χ4n) is 2.71. The minimum atomic E-state index is -1.19. The number of amides is 1. The maximum absolute atomic E-state index is 12.5. The Balaban J connectivity index is 1.75. The first kappa shape index (κ1) is 14.7. The highest BCUT2D eigenvalue weighted by atomic mass is 16.3. The van der Waals surface area contributed by atoms with E-state index in [1.54, 1.807) is 29.2 Å². The van der Waals surface area contributed by atoms with Crippen LogP contribution in [0.3, 0.4) is 0 Å². The van der Waals surface area contributed by atoms with E-state index in [0.29, 0.717) is 30.8 Å². The van der Waals surface area contributed by atoms with Gasteiger partial charge in [0.15, 0.2) is 5.82 Å². The lowest BCUT2D eigenvalue weighted by atomic mass is 9.93. The number of nitrogens with one attached hydrogen (secondary N) is 1. The molecule has 1 aromatic heterocycles. The van der Waals surface area contributed by atoms with Crippen molar-refractivity contribution in [3.8, 4) is 11.4 Å². The number of likely N-dealkylation sites (tertiary alicyclic amines) is 1. The van der Waals surface area contributed by atoms with Gasteiger partial charge in [-0.1, -0.05) is 12.1 Å². The summed E-state index contributed by atoms with van der Waals surface area (Å²) in [6.45, 7) is 0.415. The quantitative estimate of drug-likeness (QED) is 0.763. The van der Waals surface area contributed by atoms with Gasteiger partial charge in [-0.2, -0.15) is 5.10 Å². The molecule has 1 saturated heterocycles. The van der Waals surface area contributed by atoms with Crippen LogP contribution in [-0.2, 0) is 0 Å². The Morgan fingerprint density at radius 2 is 2.14 bits per heavy atom. The fraction of sp³-hybridized carbons (Fsp3) is 0.400. The lowest BCUT2D eigenvalue weighted by molar-refractivity contribution is -0.0598. The third kappa shape index (κ3) is 2.86. The van der Waals surface area contributed by atoms with Crippen molar-refractivity contribution in [2.45, 2.75) is 18.4 Å². The number of aliphatic hydroxyl groups excluding tert-OH is 1. The summed E-state index contributed by atoms with van der Waals surface area (Å²) >= 11 is 0. The van der Waals surface area contributed by atoms with Gasteiger partial charge in [-0.15, -0.1) is 0 Å². The predicted molar refractivity (Wildman–Crippen MR) is 79.0 cm³/mol. The molecule has 22 heavy (non-hydrogen) atoms. The van der Waals surface area contributed by atoms with E-state index < -0.39 is 5.60 Å². The smallest absolute Gasteiger partial charge is 0.253 e. The molecule has 0 saturated carbocycles. The lowest BCUT2D eigenvalue weighted by Crippen LogP contribution is -2.52. The molecule has 3 rings (SSSR count). The Bertz CT molecular complexity index is 641. The Kier molecular flexibility index (Phi) is 3.91. The van der Waals surface area contributed by atoms with E-state index in [2.05, 4.69) is 15.2 Å². The van der Waals surface area contributed by atoms with Crippen LogP contribution in [0.4, 0.5) is 0 Å². The zero-order valence-corrected chi connectivity index (χ0v) is 12.1. The molecule has 1 atom stereocenters. The predicted octanol–water partition coefficient (Wildman–Crippen LogP) is 0.431. The summed E-state index contributed by atoms with van der Waals surface area (Å²) in [5.41, 5.74) is 0.207. The molecule has 1 fully saturated rings. The third-order valence-corrected chi connectivity index (χ3v) is 3.96. The minimum Gasteiger partial charge on any atom is -0.393 e. The number of aliphatic hydroxyl groups is 2. The summed E-state index contributed by atoms with van der Waals surface area (Å²) in [4.78, 5) is 18.1. The molecule has 1 aliphatic heterocycles. The molecular formula is C15H18N4O3. The summed E-state index contributed by atoms with van der Waals surface area (Å²) in [5.74, 6) is 0.502. The van der Waals surface area contributed by atoms with Gasteiger partial charge in [0.05, 0.1) is 13.2 Å². The summed E-state index contributed by atoms with van der Waals surface area (Å²) in [6, 6.07) is 7.06. The van der Waals surface area contributed by atoms with Crippen molar-refractivity contribution in [1.82, 2.24) is 20.1 Å². The maximum Gasteiger partial charge on any atom is 0.253 e. The number of hydrogen-bond donors (Lipinski definition) is 3. The van der Waals surface area contributed by atoms with E-state index >= 15 is 0 Å². The minimum absolute atomic E-state index is 0.143. The second-order valence-electron chi connectivity index (χ2n) is 5.62. The van der Waals surface area contributed by atoms with Crippen molar-refractivity contribution < 1.29 is 15.0 Å². The molecule has 1 amide bonds. The lowest BCUT2D eigenvalue weighted by Gasteiger charge is -2.38. The number of carbonyl (C=O) groups is 1. The molecule has 2 heterocycles. The van der Waals surface area contributed by atoms with Gasteiger partial charge in [0, 0.05) is 17.7 Å². The van der Waals surface area contributed by atoms with Crippen LogP contribution >= 0.6 is 0 Å². The number of β-amino-alcohol motifs (C(OH)–C–C–N with tert-alkyl or cyclic N) is 1. The topological polar surface area (TPSA) is 102 Å². The van der Waals surface area contributed by atoms with Crippen molar-refractivity contribution in [3.05, 3.63) is 36.2 Å². The molecule has 1 aliphatic rings. The summed E-state index contributed by atoms with van der Waals surface area (Å²) in [5, 5.41) is 26.0. The number of rotatable bonds is 3. The number of benzene rings is 1. The van der Waals surface area contributed by atoms with Crippen LogP contribution in [0.25, 0.3) is 11.4 Å². The molecule has 3 N–H and O–H groups in total. The number of carbonyl (C=O) groups excluding carboxylic acids is 1. The van der Waals surface area contributed by atoms with Crippen molar-refractivity contribution in [2.24, 2.45) is 0 Å².